The summed E-state index contributed by atoms with van der Waals surface area (Å²) in [5.74, 6) is 0.138. The summed E-state index contributed by atoms with van der Waals surface area (Å²) in [7, 11) is 1.75. The Labute approximate surface area is 169 Å². The van der Waals surface area contributed by atoms with Crippen molar-refractivity contribution >= 4 is 18.3 Å². The van der Waals surface area contributed by atoms with Crippen LogP contribution in [-0.2, 0) is 19.7 Å². The van der Waals surface area contributed by atoms with Crippen LogP contribution in [0.1, 0.15) is 36.8 Å². The third-order valence-corrected chi connectivity index (χ3v) is 6.12. The molecule has 152 valence electrons. The predicted octanol–water partition coefficient (Wildman–Crippen LogP) is 2.60. The van der Waals surface area contributed by atoms with E-state index in [0.717, 1.165) is 44.3 Å². The van der Waals surface area contributed by atoms with Gasteiger partial charge in [0, 0.05) is 32.3 Å². The van der Waals surface area contributed by atoms with E-state index in [1.807, 2.05) is 0 Å². The van der Waals surface area contributed by atoms with Gasteiger partial charge in [0.05, 0.1) is 12.0 Å². The van der Waals surface area contributed by atoms with Crippen LogP contribution in [0.3, 0.4) is 0 Å². The van der Waals surface area contributed by atoms with Crippen molar-refractivity contribution < 1.29 is 14.3 Å². The largest absolute Gasteiger partial charge is 0.384 e. The fourth-order valence-corrected chi connectivity index (χ4v) is 4.31. The van der Waals surface area contributed by atoms with Gasteiger partial charge in [-0.3, -0.25) is 4.79 Å². The standard InChI is InChI=1S/C21H32N2O3.ClH/c1-17-3-5-18(6-4-17)21(9-13-26-14-10-21)19(24)23-15-20(16-25-2)7-11-22-12-8-20;/h3-6,22H,7-16H2,1-2H3,(H,23,24);1H. The fraction of sp³-hybridized carbons (Fsp3) is 0.667. The quantitative estimate of drug-likeness (QED) is 0.776. The second-order valence-electron chi connectivity index (χ2n) is 7.93. The minimum absolute atomic E-state index is 0. The molecule has 2 fully saturated rings. The Morgan fingerprint density at radius 1 is 1.15 bits per heavy atom. The highest BCUT2D eigenvalue weighted by Crippen LogP contribution is 2.36. The first-order valence-corrected chi connectivity index (χ1v) is 9.73. The van der Waals surface area contributed by atoms with Gasteiger partial charge < -0.3 is 20.1 Å². The molecule has 6 heteroatoms. The Balaban J connectivity index is 0.00000261. The summed E-state index contributed by atoms with van der Waals surface area (Å²) in [6.07, 6.45) is 3.53. The summed E-state index contributed by atoms with van der Waals surface area (Å²) < 4.78 is 11.1. The number of amides is 1. The van der Waals surface area contributed by atoms with E-state index in [-0.39, 0.29) is 23.7 Å². The summed E-state index contributed by atoms with van der Waals surface area (Å²) in [5.41, 5.74) is 1.88. The topological polar surface area (TPSA) is 59.6 Å². The molecule has 2 aliphatic rings. The molecule has 27 heavy (non-hydrogen) atoms. The second kappa shape index (κ2) is 9.87. The van der Waals surface area contributed by atoms with Crippen molar-refractivity contribution in [2.24, 2.45) is 5.41 Å². The van der Waals surface area contributed by atoms with E-state index >= 15 is 0 Å². The number of ether oxygens (including phenoxy) is 2. The maximum absolute atomic E-state index is 13.4. The van der Waals surface area contributed by atoms with Gasteiger partial charge in [-0.05, 0) is 51.3 Å². The van der Waals surface area contributed by atoms with Gasteiger partial charge in [0.15, 0.2) is 0 Å². The van der Waals surface area contributed by atoms with Crippen molar-refractivity contribution in [1.29, 1.82) is 0 Å². The van der Waals surface area contributed by atoms with Gasteiger partial charge in [-0.1, -0.05) is 29.8 Å². The monoisotopic (exact) mass is 396 g/mol. The Morgan fingerprint density at radius 2 is 1.78 bits per heavy atom. The molecule has 3 rings (SSSR count). The van der Waals surface area contributed by atoms with Crippen molar-refractivity contribution in [2.45, 2.75) is 38.0 Å². The SMILES string of the molecule is COCC1(CNC(=O)C2(c3ccc(C)cc3)CCOCC2)CCNCC1.Cl. The van der Waals surface area contributed by atoms with E-state index in [1.165, 1.54) is 5.56 Å². The first-order chi connectivity index (χ1) is 12.6. The van der Waals surface area contributed by atoms with E-state index in [1.54, 1.807) is 7.11 Å². The molecule has 0 spiro atoms. The molecule has 0 aliphatic carbocycles. The molecule has 2 heterocycles. The number of carbonyl (C=O) groups is 1. The maximum Gasteiger partial charge on any atom is 0.230 e. The molecular weight excluding hydrogens is 364 g/mol. The van der Waals surface area contributed by atoms with Gasteiger partial charge in [0.25, 0.3) is 0 Å². The van der Waals surface area contributed by atoms with E-state index in [2.05, 4.69) is 41.8 Å². The van der Waals surface area contributed by atoms with E-state index in [4.69, 9.17) is 9.47 Å². The number of piperidine rings is 1. The lowest BCUT2D eigenvalue weighted by Crippen LogP contribution is -2.53. The molecule has 1 aromatic carbocycles. The maximum atomic E-state index is 13.4. The normalized spacial score (nSPS) is 21.1. The zero-order valence-corrected chi connectivity index (χ0v) is 17.3. The van der Waals surface area contributed by atoms with Crippen molar-refractivity contribution in [3.63, 3.8) is 0 Å². The van der Waals surface area contributed by atoms with Crippen LogP contribution in [0, 0.1) is 12.3 Å². The van der Waals surface area contributed by atoms with Gasteiger partial charge in [-0.2, -0.15) is 0 Å². The summed E-state index contributed by atoms with van der Waals surface area (Å²) in [6, 6.07) is 8.41. The van der Waals surface area contributed by atoms with Crippen molar-refractivity contribution in [3.8, 4) is 0 Å². The van der Waals surface area contributed by atoms with Gasteiger partial charge in [0.1, 0.15) is 0 Å². The number of benzene rings is 1. The van der Waals surface area contributed by atoms with E-state index < -0.39 is 5.41 Å². The van der Waals surface area contributed by atoms with Crippen LogP contribution in [0.25, 0.3) is 0 Å². The van der Waals surface area contributed by atoms with Crippen molar-refractivity contribution in [3.05, 3.63) is 35.4 Å². The Bertz CT molecular complexity index is 588. The third-order valence-electron chi connectivity index (χ3n) is 6.12. The highest BCUT2D eigenvalue weighted by Gasteiger charge is 2.43. The number of halogens is 1. The van der Waals surface area contributed by atoms with Crippen LogP contribution in [0.4, 0.5) is 0 Å². The number of hydrogen-bond donors (Lipinski definition) is 2. The molecular formula is C21H33ClN2O3. The van der Waals surface area contributed by atoms with Crippen LogP contribution in [-0.4, -0.2) is 52.5 Å². The predicted molar refractivity (Wildman–Crippen MR) is 110 cm³/mol. The first-order valence-electron chi connectivity index (χ1n) is 9.73. The number of rotatable bonds is 6. The minimum atomic E-state index is -0.479. The molecule has 2 aliphatic heterocycles. The van der Waals surface area contributed by atoms with Crippen LogP contribution in [0.5, 0.6) is 0 Å². The molecule has 0 bridgehead atoms. The van der Waals surface area contributed by atoms with Gasteiger partial charge >= 0.3 is 0 Å². The summed E-state index contributed by atoms with van der Waals surface area (Å²) >= 11 is 0. The average molecular weight is 397 g/mol. The smallest absolute Gasteiger partial charge is 0.230 e. The zero-order valence-electron chi connectivity index (χ0n) is 16.5. The lowest BCUT2D eigenvalue weighted by molar-refractivity contribution is -0.131. The lowest BCUT2D eigenvalue weighted by Gasteiger charge is -2.40. The van der Waals surface area contributed by atoms with Gasteiger partial charge in [0.2, 0.25) is 5.91 Å². The molecule has 0 unspecified atom stereocenters. The van der Waals surface area contributed by atoms with Gasteiger partial charge in [-0.25, -0.2) is 0 Å². The number of nitrogens with one attached hydrogen (secondary N) is 2. The summed E-state index contributed by atoms with van der Waals surface area (Å²) in [5, 5.41) is 6.70. The van der Waals surface area contributed by atoms with Crippen molar-refractivity contribution in [2.75, 3.05) is 46.6 Å². The molecule has 0 saturated carbocycles. The number of carbonyl (C=O) groups excluding carboxylic acids is 1. The van der Waals surface area contributed by atoms with Crippen molar-refractivity contribution in [1.82, 2.24) is 10.6 Å². The van der Waals surface area contributed by atoms with E-state index in [9.17, 15) is 4.79 Å². The zero-order chi connectivity index (χ0) is 18.5. The molecule has 0 radical (unpaired) electrons. The van der Waals surface area contributed by atoms with Crippen LogP contribution in [0.2, 0.25) is 0 Å². The van der Waals surface area contributed by atoms with Gasteiger partial charge in [-0.15, -0.1) is 12.4 Å². The number of aryl methyl sites for hydroxylation is 1. The Hall–Kier alpha value is -1.14. The minimum Gasteiger partial charge on any atom is -0.384 e. The lowest BCUT2D eigenvalue weighted by atomic mass is 9.72. The Morgan fingerprint density at radius 3 is 2.37 bits per heavy atom. The molecule has 2 N–H and O–H groups in total. The highest BCUT2D eigenvalue weighted by atomic mass is 35.5. The number of hydrogen-bond acceptors (Lipinski definition) is 4. The first kappa shape index (κ1) is 22.2. The van der Waals surface area contributed by atoms with Crippen LogP contribution < -0.4 is 10.6 Å². The average Bonchev–Trinajstić information content (AvgIpc) is 2.68. The summed E-state index contributed by atoms with van der Waals surface area (Å²) in [4.78, 5) is 13.4. The molecule has 0 atom stereocenters. The molecule has 0 aromatic heterocycles. The molecule has 5 nitrogen and oxygen atoms in total. The Kier molecular flexibility index (Phi) is 8.10. The molecule has 2 saturated heterocycles. The van der Waals surface area contributed by atoms with Crippen LogP contribution >= 0.6 is 12.4 Å². The molecule has 1 aromatic rings. The number of methoxy groups -OCH3 is 1. The second-order valence-corrected chi connectivity index (χ2v) is 7.93. The third kappa shape index (κ3) is 5.02. The fourth-order valence-electron chi connectivity index (χ4n) is 4.31. The van der Waals surface area contributed by atoms with Crippen LogP contribution in [0.15, 0.2) is 24.3 Å². The molecule has 1 amide bonds. The van der Waals surface area contributed by atoms with E-state index in [0.29, 0.717) is 26.4 Å². The highest BCUT2D eigenvalue weighted by molar-refractivity contribution is 5.88. The summed E-state index contributed by atoms with van der Waals surface area (Å²) in [6.45, 7) is 6.67.